The first kappa shape index (κ1) is 16.2. The van der Waals surface area contributed by atoms with Gasteiger partial charge in [0.25, 0.3) is 0 Å². The van der Waals surface area contributed by atoms with E-state index in [0.29, 0.717) is 17.3 Å². The minimum atomic E-state index is 0.444. The van der Waals surface area contributed by atoms with E-state index in [2.05, 4.69) is 73.5 Å². The zero-order valence-electron chi connectivity index (χ0n) is 13.0. The van der Waals surface area contributed by atoms with Gasteiger partial charge < -0.3 is 5.32 Å². The SMILES string of the molecule is CCNC(Cc1ccn(C(C)C)n1)C1SCCSC1C. The van der Waals surface area contributed by atoms with E-state index in [1.807, 2.05) is 0 Å². The van der Waals surface area contributed by atoms with Crippen molar-refractivity contribution >= 4 is 23.5 Å². The molecular formula is C15H27N3S2. The monoisotopic (exact) mass is 313 g/mol. The highest BCUT2D eigenvalue weighted by atomic mass is 32.2. The number of hydrogen-bond acceptors (Lipinski definition) is 4. The average molecular weight is 314 g/mol. The first-order valence-corrected chi connectivity index (χ1v) is 9.72. The fourth-order valence-electron chi connectivity index (χ4n) is 2.66. The molecule has 1 fully saturated rings. The van der Waals surface area contributed by atoms with Crippen LogP contribution in [0.25, 0.3) is 0 Å². The Morgan fingerprint density at radius 1 is 1.40 bits per heavy atom. The first-order valence-electron chi connectivity index (χ1n) is 7.62. The molecule has 3 atom stereocenters. The van der Waals surface area contributed by atoms with Crippen LogP contribution in [-0.2, 0) is 6.42 Å². The molecule has 2 heterocycles. The van der Waals surface area contributed by atoms with Crippen molar-refractivity contribution in [2.75, 3.05) is 18.1 Å². The van der Waals surface area contributed by atoms with Gasteiger partial charge in [0.15, 0.2) is 0 Å². The second-order valence-electron chi connectivity index (χ2n) is 5.66. The zero-order chi connectivity index (χ0) is 14.5. The van der Waals surface area contributed by atoms with Crippen LogP contribution in [0.1, 0.15) is 39.4 Å². The van der Waals surface area contributed by atoms with E-state index in [0.717, 1.165) is 18.2 Å². The Balaban J connectivity index is 2.03. The molecule has 114 valence electrons. The Kier molecular flexibility index (Phi) is 6.30. The van der Waals surface area contributed by atoms with E-state index < -0.39 is 0 Å². The van der Waals surface area contributed by atoms with Crippen molar-refractivity contribution in [1.29, 1.82) is 0 Å². The predicted octanol–water partition coefficient (Wildman–Crippen LogP) is 3.22. The largest absolute Gasteiger partial charge is 0.313 e. The Hall–Kier alpha value is -0.130. The normalized spacial score (nSPS) is 25.1. The lowest BCUT2D eigenvalue weighted by Gasteiger charge is -2.34. The molecule has 3 unspecified atom stereocenters. The van der Waals surface area contributed by atoms with Gasteiger partial charge in [0, 0.05) is 46.7 Å². The standard InChI is InChI=1S/C15H27N3S2/c1-5-16-14(15-12(4)19-8-9-20-15)10-13-6-7-18(17-13)11(2)3/h6-7,11-12,14-16H,5,8-10H2,1-4H3. The number of rotatable bonds is 6. The minimum Gasteiger partial charge on any atom is -0.313 e. The summed E-state index contributed by atoms with van der Waals surface area (Å²) in [5.74, 6) is 2.57. The van der Waals surface area contributed by atoms with Gasteiger partial charge in [-0.05, 0) is 26.5 Å². The van der Waals surface area contributed by atoms with Crippen molar-refractivity contribution in [1.82, 2.24) is 15.1 Å². The molecule has 1 aliphatic heterocycles. The van der Waals surface area contributed by atoms with Crippen LogP contribution in [-0.4, -0.2) is 44.4 Å². The van der Waals surface area contributed by atoms with Crippen molar-refractivity contribution in [2.45, 2.75) is 56.7 Å². The van der Waals surface area contributed by atoms with E-state index in [1.165, 1.54) is 17.2 Å². The Labute approximate surface area is 131 Å². The number of nitrogens with one attached hydrogen (secondary N) is 1. The van der Waals surface area contributed by atoms with Gasteiger partial charge in [-0.15, -0.1) is 0 Å². The average Bonchev–Trinajstić information content (AvgIpc) is 2.88. The number of aromatic nitrogens is 2. The molecule has 1 saturated heterocycles. The lowest BCUT2D eigenvalue weighted by molar-refractivity contribution is 0.482. The van der Waals surface area contributed by atoms with Crippen LogP contribution < -0.4 is 5.32 Å². The number of thioether (sulfide) groups is 2. The first-order chi connectivity index (χ1) is 9.61. The fourth-order valence-corrected chi connectivity index (χ4v) is 5.62. The molecule has 0 aromatic carbocycles. The van der Waals surface area contributed by atoms with Gasteiger partial charge in [0.1, 0.15) is 0 Å². The Morgan fingerprint density at radius 2 is 2.15 bits per heavy atom. The molecule has 20 heavy (non-hydrogen) atoms. The molecule has 0 amide bonds. The number of likely N-dealkylation sites (N-methyl/N-ethyl adjacent to an activating group) is 1. The summed E-state index contributed by atoms with van der Waals surface area (Å²) in [6, 6.07) is 3.15. The van der Waals surface area contributed by atoms with E-state index in [9.17, 15) is 0 Å². The van der Waals surface area contributed by atoms with Crippen LogP contribution in [0.4, 0.5) is 0 Å². The van der Waals surface area contributed by atoms with E-state index in [4.69, 9.17) is 5.10 Å². The zero-order valence-corrected chi connectivity index (χ0v) is 14.6. The number of nitrogens with zero attached hydrogens (tertiary/aromatic N) is 2. The molecule has 1 N–H and O–H groups in total. The van der Waals surface area contributed by atoms with Crippen LogP contribution in [0.15, 0.2) is 12.3 Å². The molecular weight excluding hydrogens is 286 g/mol. The van der Waals surface area contributed by atoms with Crippen LogP contribution in [0, 0.1) is 0 Å². The van der Waals surface area contributed by atoms with Crippen LogP contribution >= 0.6 is 23.5 Å². The highest BCUT2D eigenvalue weighted by Crippen LogP contribution is 2.33. The summed E-state index contributed by atoms with van der Waals surface area (Å²) < 4.78 is 2.06. The van der Waals surface area contributed by atoms with Gasteiger partial charge in [-0.2, -0.15) is 28.6 Å². The van der Waals surface area contributed by atoms with Crippen LogP contribution in [0.3, 0.4) is 0 Å². The maximum Gasteiger partial charge on any atom is 0.0640 e. The quantitative estimate of drug-likeness (QED) is 0.873. The van der Waals surface area contributed by atoms with Crippen molar-refractivity contribution in [3.8, 4) is 0 Å². The smallest absolute Gasteiger partial charge is 0.0640 e. The van der Waals surface area contributed by atoms with E-state index >= 15 is 0 Å². The second kappa shape index (κ2) is 7.76. The summed E-state index contributed by atoms with van der Waals surface area (Å²) in [5, 5.41) is 9.82. The molecule has 0 aliphatic carbocycles. The van der Waals surface area contributed by atoms with Gasteiger partial charge in [0.2, 0.25) is 0 Å². The van der Waals surface area contributed by atoms with Crippen LogP contribution in [0.2, 0.25) is 0 Å². The molecule has 1 aliphatic rings. The molecule has 2 rings (SSSR count). The van der Waals surface area contributed by atoms with E-state index in [-0.39, 0.29) is 0 Å². The van der Waals surface area contributed by atoms with Crippen LogP contribution in [0.5, 0.6) is 0 Å². The third-order valence-electron chi connectivity index (χ3n) is 3.72. The summed E-state index contributed by atoms with van der Waals surface area (Å²) >= 11 is 4.25. The molecule has 1 aromatic heterocycles. The molecule has 0 bridgehead atoms. The predicted molar refractivity (Wildman–Crippen MR) is 91.9 cm³/mol. The highest BCUT2D eigenvalue weighted by Gasteiger charge is 2.30. The third kappa shape index (κ3) is 4.18. The molecule has 1 aromatic rings. The lowest BCUT2D eigenvalue weighted by atomic mass is 10.1. The maximum absolute atomic E-state index is 4.71. The van der Waals surface area contributed by atoms with Crippen molar-refractivity contribution in [2.24, 2.45) is 0 Å². The third-order valence-corrected chi connectivity index (χ3v) is 6.97. The molecule has 5 heteroatoms. The highest BCUT2D eigenvalue weighted by molar-refractivity contribution is 8.07. The maximum atomic E-state index is 4.71. The fraction of sp³-hybridized carbons (Fsp3) is 0.800. The number of hydrogen-bond donors (Lipinski definition) is 1. The van der Waals surface area contributed by atoms with Crippen molar-refractivity contribution in [3.63, 3.8) is 0 Å². The van der Waals surface area contributed by atoms with E-state index in [1.54, 1.807) is 0 Å². The van der Waals surface area contributed by atoms with Gasteiger partial charge >= 0.3 is 0 Å². The van der Waals surface area contributed by atoms with Crippen molar-refractivity contribution < 1.29 is 0 Å². The van der Waals surface area contributed by atoms with Gasteiger partial charge in [-0.3, -0.25) is 4.68 Å². The van der Waals surface area contributed by atoms with Gasteiger partial charge in [-0.25, -0.2) is 0 Å². The minimum absolute atomic E-state index is 0.444. The topological polar surface area (TPSA) is 29.9 Å². The molecule has 0 spiro atoms. The Morgan fingerprint density at radius 3 is 2.75 bits per heavy atom. The second-order valence-corrected chi connectivity index (χ2v) is 8.43. The molecule has 3 nitrogen and oxygen atoms in total. The molecule has 0 radical (unpaired) electrons. The van der Waals surface area contributed by atoms with Gasteiger partial charge in [-0.1, -0.05) is 13.8 Å². The summed E-state index contributed by atoms with van der Waals surface area (Å²) in [4.78, 5) is 0. The Bertz CT molecular complexity index is 406. The van der Waals surface area contributed by atoms with Gasteiger partial charge in [0.05, 0.1) is 5.69 Å². The summed E-state index contributed by atoms with van der Waals surface area (Å²) in [6.07, 6.45) is 3.14. The summed E-state index contributed by atoms with van der Waals surface area (Å²) in [6.45, 7) is 9.95. The van der Waals surface area contributed by atoms with Crippen molar-refractivity contribution in [3.05, 3.63) is 18.0 Å². The summed E-state index contributed by atoms with van der Waals surface area (Å²) in [7, 11) is 0. The molecule has 0 saturated carbocycles. The summed E-state index contributed by atoms with van der Waals surface area (Å²) in [5.41, 5.74) is 1.22. The lowest BCUT2D eigenvalue weighted by Crippen LogP contribution is -2.45.